The SMILES string of the molecule is CCC(CC)(CN)C(=O)Nc1cnn(CC(=O)NC2CC2)c1. The van der Waals surface area contributed by atoms with E-state index in [2.05, 4.69) is 15.7 Å². The van der Waals surface area contributed by atoms with E-state index in [1.165, 1.54) is 4.68 Å². The van der Waals surface area contributed by atoms with Crippen LogP contribution in [-0.2, 0) is 16.1 Å². The molecule has 1 fully saturated rings. The number of nitrogens with zero attached hydrogens (tertiary/aromatic N) is 2. The van der Waals surface area contributed by atoms with Gasteiger partial charge in [0, 0.05) is 18.8 Å². The van der Waals surface area contributed by atoms with E-state index in [0.717, 1.165) is 12.8 Å². The van der Waals surface area contributed by atoms with Crippen LogP contribution in [0.25, 0.3) is 0 Å². The molecule has 0 saturated heterocycles. The van der Waals surface area contributed by atoms with Gasteiger partial charge in [-0.2, -0.15) is 5.10 Å². The van der Waals surface area contributed by atoms with Gasteiger partial charge in [-0.25, -0.2) is 0 Å². The molecule has 2 amide bonds. The maximum absolute atomic E-state index is 12.4. The van der Waals surface area contributed by atoms with Crippen molar-refractivity contribution in [3.8, 4) is 0 Å². The monoisotopic (exact) mass is 307 g/mol. The lowest BCUT2D eigenvalue weighted by Gasteiger charge is -2.28. The standard InChI is InChI=1S/C15H25N5O2/c1-3-15(4-2,10-16)14(22)19-12-7-17-20(8-12)9-13(21)18-11-5-6-11/h7-8,11H,3-6,9-10,16H2,1-2H3,(H,18,21)(H,19,22). The Bertz CT molecular complexity index is 524. The van der Waals surface area contributed by atoms with Crippen molar-refractivity contribution in [2.75, 3.05) is 11.9 Å². The highest BCUT2D eigenvalue weighted by Crippen LogP contribution is 2.26. The minimum atomic E-state index is -0.550. The zero-order valence-corrected chi connectivity index (χ0v) is 13.3. The first kappa shape index (κ1) is 16.5. The van der Waals surface area contributed by atoms with E-state index >= 15 is 0 Å². The first-order valence-electron chi connectivity index (χ1n) is 7.86. The molecule has 122 valence electrons. The third-order valence-corrected chi connectivity index (χ3v) is 4.37. The molecule has 0 atom stereocenters. The summed E-state index contributed by atoms with van der Waals surface area (Å²) in [6.45, 7) is 4.39. The van der Waals surface area contributed by atoms with Crippen molar-refractivity contribution in [3.05, 3.63) is 12.4 Å². The molecule has 0 bridgehead atoms. The number of nitrogens with two attached hydrogens (primary N) is 1. The molecule has 1 heterocycles. The third-order valence-electron chi connectivity index (χ3n) is 4.37. The normalized spacial score (nSPS) is 14.7. The maximum atomic E-state index is 12.4. The number of hydrogen-bond acceptors (Lipinski definition) is 4. The molecule has 0 aromatic carbocycles. The highest BCUT2D eigenvalue weighted by atomic mass is 16.2. The third kappa shape index (κ3) is 3.85. The fraction of sp³-hybridized carbons (Fsp3) is 0.667. The molecule has 7 nitrogen and oxygen atoms in total. The Morgan fingerprint density at radius 3 is 2.64 bits per heavy atom. The van der Waals surface area contributed by atoms with E-state index in [1.54, 1.807) is 12.4 Å². The Morgan fingerprint density at radius 1 is 1.41 bits per heavy atom. The largest absolute Gasteiger partial charge is 0.352 e. The van der Waals surface area contributed by atoms with Crippen molar-refractivity contribution in [1.82, 2.24) is 15.1 Å². The second-order valence-electron chi connectivity index (χ2n) is 5.91. The van der Waals surface area contributed by atoms with Crippen molar-refractivity contribution in [3.63, 3.8) is 0 Å². The van der Waals surface area contributed by atoms with E-state index in [0.29, 0.717) is 31.1 Å². The lowest BCUT2D eigenvalue weighted by molar-refractivity contribution is -0.125. The highest BCUT2D eigenvalue weighted by Gasteiger charge is 2.33. The van der Waals surface area contributed by atoms with Gasteiger partial charge in [0.05, 0.1) is 17.3 Å². The molecule has 1 aliphatic rings. The van der Waals surface area contributed by atoms with Gasteiger partial charge in [0.2, 0.25) is 11.8 Å². The topological polar surface area (TPSA) is 102 Å². The Balaban J connectivity index is 1.93. The summed E-state index contributed by atoms with van der Waals surface area (Å²) in [6.07, 6.45) is 6.70. The molecular weight excluding hydrogens is 282 g/mol. The van der Waals surface area contributed by atoms with Crippen LogP contribution in [0.15, 0.2) is 12.4 Å². The van der Waals surface area contributed by atoms with Crippen LogP contribution in [0.3, 0.4) is 0 Å². The molecule has 0 unspecified atom stereocenters. The van der Waals surface area contributed by atoms with Crippen molar-refractivity contribution in [2.45, 2.75) is 52.1 Å². The average Bonchev–Trinajstić information content (AvgIpc) is 3.20. The summed E-state index contributed by atoms with van der Waals surface area (Å²) in [7, 11) is 0. The summed E-state index contributed by atoms with van der Waals surface area (Å²) < 4.78 is 1.52. The van der Waals surface area contributed by atoms with Crippen LogP contribution in [0, 0.1) is 5.41 Å². The van der Waals surface area contributed by atoms with Crippen LogP contribution in [0.1, 0.15) is 39.5 Å². The van der Waals surface area contributed by atoms with E-state index in [1.807, 2.05) is 13.8 Å². The van der Waals surface area contributed by atoms with Gasteiger partial charge >= 0.3 is 0 Å². The van der Waals surface area contributed by atoms with Crippen LogP contribution < -0.4 is 16.4 Å². The van der Waals surface area contributed by atoms with Gasteiger partial charge in [-0.1, -0.05) is 13.8 Å². The predicted molar refractivity (Wildman–Crippen MR) is 84.1 cm³/mol. The molecule has 0 aliphatic heterocycles. The molecule has 7 heteroatoms. The number of amides is 2. The van der Waals surface area contributed by atoms with Gasteiger partial charge in [-0.3, -0.25) is 14.3 Å². The minimum absolute atomic E-state index is 0.0538. The summed E-state index contributed by atoms with van der Waals surface area (Å²) in [6, 6.07) is 0.335. The average molecular weight is 307 g/mol. The van der Waals surface area contributed by atoms with Crippen LogP contribution in [0.5, 0.6) is 0 Å². The van der Waals surface area contributed by atoms with Crippen LogP contribution in [0.2, 0.25) is 0 Å². The summed E-state index contributed by atoms with van der Waals surface area (Å²) in [5.74, 6) is -0.149. The zero-order valence-electron chi connectivity index (χ0n) is 13.3. The number of carbonyl (C=O) groups is 2. The predicted octanol–water partition coefficient (Wildman–Crippen LogP) is 0.865. The maximum Gasteiger partial charge on any atom is 0.241 e. The first-order valence-corrected chi connectivity index (χ1v) is 7.86. The van der Waals surface area contributed by atoms with Gasteiger partial charge in [-0.05, 0) is 25.7 Å². The Morgan fingerprint density at radius 2 is 2.09 bits per heavy atom. The number of carbonyl (C=O) groups excluding carboxylic acids is 2. The second-order valence-corrected chi connectivity index (χ2v) is 5.91. The van der Waals surface area contributed by atoms with Gasteiger partial charge < -0.3 is 16.4 Å². The molecule has 22 heavy (non-hydrogen) atoms. The lowest BCUT2D eigenvalue weighted by Crippen LogP contribution is -2.41. The van der Waals surface area contributed by atoms with E-state index in [-0.39, 0.29) is 18.4 Å². The summed E-state index contributed by atoms with van der Waals surface area (Å²) in [5.41, 5.74) is 5.81. The Kier molecular flexibility index (Phi) is 5.18. The fourth-order valence-electron chi connectivity index (χ4n) is 2.38. The first-order chi connectivity index (χ1) is 10.5. The van der Waals surface area contributed by atoms with Crippen LogP contribution >= 0.6 is 0 Å². The number of anilines is 1. The Labute approximate surface area is 130 Å². The number of aromatic nitrogens is 2. The van der Waals surface area contributed by atoms with Gasteiger partial charge in [0.25, 0.3) is 0 Å². The van der Waals surface area contributed by atoms with E-state index < -0.39 is 5.41 Å². The van der Waals surface area contributed by atoms with Crippen molar-refractivity contribution >= 4 is 17.5 Å². The van der Waals surface area contributed by atoms with Crippen LogP contribution in [-0.4, -0.2) is 34.2 Å². The molecule has 4 N–H and O–H groups in total. The minimum Gasteiger partial charge on any atom is -0.352 e. The van der Waals surface area contributed by atoms with E-state index in [4.69, 9.17) is 5.73 Å². The number of nitrogens with one attached hydrogen (secondary N) is 2. The van der Waals surface area contributed by atoms with Crippen molar-refractivity contribution in [1.29, 1.82) is 0 Å². The van der Waals surface area contributed by atoms with Crippen molar-refractivity contribution < 1.29 is 9.59 Å². The number of rotatable bonds is 8. The van der Waals surface area contributed by atoms with Gasteiger partial charge in [-0.15, -0.1) is 0 Å². The second kappa shape index (κ2) is 6.91. The van der Waals surface area contributed by atoms with Crippen molar-refractivity contribution in [2.24, 2.45) is 11.1 Å². The molecule has 1 aliphatic carbocycles. The molecule has 0 spiro atoms. The molecule has 1 aromatic heterocycles. The molecular formula is C15H25N5O2. The number of hydrogen-bond donors (Lipinski definition) is 3. The van der Waals surface area contributed by atoms with E-state index in [9.17, 15) is 9.59 Å². The molecule has 2 rings (SSSR count). The van der Waals surface area contributed by atoms with Crippen LogP contribution in [0.4, 0.5) is 5.69 Å². The van der Waals surface area contributed by atoms with Gasteiger partial charge in [0.15, 0.2) is 0 Å². The summed E-state index contributed by atoms with van der Waals surface area (Å²) in [4.78, 5) is 24.1. The fourth-order valence-corrected chi connectivity index (χ4v) is 2.38. The molecule has 0 radical (unpaired) electrons. The molecule has 1 saturated carbocycles. The molecule has 1 aromatic rings. The van der Waals surface area contributed by atoms with Gasteiger partial charge in [0.1, 0.15) is 6.54 Å². The Hall–Kier alpha value is -1.89. The summed E-state index contributed by atoms with van der Waals surface area (Å²) >= 11 is 0. The highest BCUT2D eigenvalue weighted by molar-refractivity contribution is 5.95. The lowest BCUT2D eigenvalue weighted by atomic mass is 9.81. The zero-order chi connectivity index (χ0) is 16.2. The summed E-state index contributed by atoms with van der Waals surface area (Å²) in [5, 5.41) is 9.86. The quantitative estimate of drug-likeness (QED) is 0.663. The smallest absolute Gasteiger partial charge is 0.241 e.